The number of hydrogen-bond donors (Lipinski definition) is 2. The number of rotatable bonds is 6. The van der Waals surface area contributed by atoms with Gasteiger partial charge in [0.15, 0.2) is 6.61 Å². The molecule has 6 nitrogen and oxygen atoms in total. The second-order valence-corrected chi connectivity index (χ2v) is 5.17. The lowest BCUT2D eigenvalue weighted by Gasteiger charge is -2.09. The number of carbonyl (C=O) groups is 2. The molecule has 0 bridgehead atoms. The Morgan fingerprint density at radius 1 is 1.00 bits per heavy atom. The maximum absolute atomic E-state index is 11.8. The summed E-state index contributed by atoms with van der Waals surface area (Å²) in [5, 5.41) is 0. The Balaban J connectivity index is 1.78. The van der Waals surface area contributed by atoms with Crippen molar-refractivity contribution in [3.05, 3.63) is 65.7 Å². The molecule has 0 spiro atoms. The van der Waals surface area contributed by atoms with Gasteiger partial charge in [-0.2, -0.15) is 0 Å². The standard InChI is InChI=1S/C19H20N2O4/c1-14-7-3-5-9-16(14)25-13-19(23)21-20-18(22)12-11-15-8-4-6-10-17(15)24-2/h3-12H,13H2,1-2H3,(H,20,22)(H,21,23)/b12-11+. The SMILES string of the molecule is COc1ccccc1/C=C/C(=O)NNC(=O)COc1ccccc1C. The number of amides is 2. The molecule has 0 radical (unpaired) electrons. The van der Waals surface area contributed by atoms with Crippen molar-refractivity contribution in [2.24, 2.45) is 0 Å². The summed E-state index contributed by atoms with van der Waals surface area (Å²) in [6.45, 7) is 1.69. The quantitative estimate of drug-likeness (QED) is 0.625. The van der Waals surface area contributed by atoms with Gasteiger partial charge in [0, 0.05) is 11.6 Å². The van der Waals surface area contributed by atoms with Crippen LogP contribution in [0.4, 0.5) is 0 Å². The molecule has 0 aromatic heterocycles. The molecule has 6 heteroatoms. The Bertz CT molecular complexity index is 772. The van der Waals surface area contributed by atoms with Crippen molar-refractivity contribution in [1.82, 2.24) is 10.9 Å². The molecule has 25 heavy (non-hydrogen) atoms. The van der Waals surface area contributed by atoms with Crippen LogP contribution in [0.5, 0.6) is 11.5 Å². The molecule has 2 amide bonds. The molecule has 0 unspecified atom stereocenters. The zero-order valence-corrected chi connectivity index (χ0v) is 14.1. The normalized spacial score (nSPS) is 10.3. The average molecular weight is 340 g/mol. The van der Waals surface area contributed by atoms with Crippen LogP contribution in [0.25, 0.3) is 6.08 Å². The van der Waals surface area contributed by atoms with Crippen molar-refractivity contribution in [3.63, 3.8) is 0 Å². The van der Waals surface area contributed by atoms with E-state index >= 15 is 0 Å². The second kappa shape index (κ2) is 9.12. The summed E-state index contributed by atoms with van der Waals surface area (Å²) >= 11 is 0. The maximum Gasteiger partial charge on any atom is 0.276 e. The van der Waals surface area contributed by atoms with Crippen molar-refractivity contribution < 1.29 is 19.1 Å². The first-order chi connectivity index (χ1) is 12.1. The highest BCUT2D eigenvalue weighted by Crippen LogP contribution is 2.18. The predicted molar refractivity (Wildman–Crippen MR) is 95.0 cm³/mol. The van der Waals surface area contributed by atoms with Crippen LogP contribution in [0.1, 0.15) is 11.1 Å². The van der Waals surface area contributed by atoms with Crippen LogP contribution >= 0.6 is 0 Å². The van der Waals surface area contributed by atoms with Gasteiger partial charge in [-0.05, 0) is 30.7 Å². The van der Waals surface area contributed by atoms with E-state index in [1.165, 1.54) is 6.08 Å². The predicted octanol–water partition coefficient (Wildman–Crippen LogP) is 2.24. The van der Waals surface area contributed by atoms with Crippen LogP contribution in [0, 0.1) is 6.92 Å². The molecular formula is C19H20N2O4. The summed E-state index contributed by atoms with van der Waals surface area (Å²) in [7, 11) is 1.56. The first kappa shape index (κ1) is 18.1. The van der Waals surface area contributed by atoms with E-state index in [1.807, 2.05) is 43.3 Å². The summed E-state index contributed by atoms with van der Waals surface area (Å²) in [4.78, 5) is 23.5. The monoisotopic (exact) mass is 340 g/mol. The zero-order valence-electron chi connectivity index (χ0n) is 14.1. The smallest absolute Gasteiger partial charge is 0.276 e. The highest BCUT2D eigenvalue weighted by Gasteiger charge is 2.05. The van der Waals surface area contributed by atoms with Crippen molar-refractivity contribution in [2.45, 2.75) is 6.92 Å². The van der Waals surface area contributed by atoms with Crippen LogP contribution < -0.4 is 20.3 Å². The lowest BCUT2D eigenvalue weighted by Crippen LogP contribution is -2.43. The van der Waals surface area contributed by atoms with Crippen LogP contribution in [0.15, 0.2) is 54.6 Å². The number of ether oxygens (including phenoxy) is 2. The van der Waals surface area contributed by atoms with Crippen LogP contribution in [-0.4, -0.2) is 25.5 Å². The molecule has 2 rings (SSSR count). The molecule has 2 aromatic carbocycles. The third kappa shape index (κ3) is 5.69. The Labute approximate surface area is 146 Å². The minimum absolute atomic E-state index is 0.193. The average Bonchev–Trinajstić information content (AvgIpc) is 2.64. The molecule has 0 aliphatic rings. The van der Waals surface area contributed by atoms with Gasteiger partial charge >= 0.3 is 0 Å². The van der Waals surface area contributed by atoms with Gasteiger partial charge in [0.05, 0.1) is 7.11 Å². The van der Waals surface area contributed by atoms with Gasteiger partial charge in [-0.25, -0.2) is 0 Å². The summed E-state index contributed by atoms with van der Waals surface area (Å²) in [5.74, 6) is 0.361. The van der Waals surface area contributed by atoms with E-state index < -0.39 is 11.8 Å². The van der Waals surface area contributed by atoms with Crippen molar-refractivity contribution >= 4 is 17.9 Å². The van der Waals surface area contributed by atoms with Crippen LogP contribution in [0.2, 0.25) is 0 Å². The zero-order chi connectivity index (χ0) is 18.1. The topological polar surface area (TPSA) is 76.7 Å². The third-order valence-electron chi connectivity index (χ3n) is 3.33. The minimum atomic E-state index is -0.463. The third-order valence-corrected chi connectivity index (χ3v) is 3.33. The van der Waals surface area contributed by atoms with Gasteiger partial charge in [0.25, 0.3) is 11.8 Å². The molecule has 0 saturated carbocycles. The van der Waals surface area contributed by atoms with Crippen LogP contribution in [0.3, 0.4) is 0 Å². The number of para-hydroxylation sites is 2. The van der Waals surface area contributed by atoms with Gasteiger partial charge in [-0.3, -0.25) is 20.4 Å². The van der Waals surface area contributed by atoms with E-state index in [0.717, 1.165) is 11.1 Å². The molecular weight excluding hydrogens is 320 g/mol. The van der Waals surface area contributed by atoms with Crippen molar-refractivity contribution in [2.75, 3.05) is 13.7 Å². The summed E-state index contributed by atoms with van der Waals surface area (Å²) in [6.07, 6.45) is 2.91. The van der Waals surface area contributed by atoms with Gasteiger partial charge < -0.3 is 9.47 Å². The van der Waals surface area contributed by atoms with E-state index in [2.05, 4.69) is 10.9 Å². The van der Waals surface area contributed by atoms with E-state index in [1.54, 1.807) is 25.3 Å². The molecule has 0 aliphatic carbocycles. The second-order valence-electron chi connectivity index (χ2n) is 5.17. The first-order valence-corrected chi connectivity index (χ1v) is 7.68. The summed E-state index contributed by atoms with van der Waals surface area (Å²) in [5.41, 5.74) is 6.27. The van der Waals surface area contributed by atoms with E-state index in [-0.39, 0.29) is 6.61 Å². The fourth-order valence-corrected chi connectivity index (χ4v) is 2.04. The largest absolute Gasteiger partial charge is 0.496 e. The van der Waals surface area contributed by atoms with E-state index in [0.29, 0.717) is 11.5 Å². The molecule has 2 aromatic rings. The first-order valence-electron chi connectivity index (χ1n) is 7.68. The molecule has 0 aliphatic heterocycles. The molecule has 2 N–H and O–H groups in total. The van der Waals surface area contributed by atoms with Crippen molar-refractivity contribution in [1.29, 1.82) is 0 Å². The van der Waals surface area contributed by atoms with Gasteiger partial charge in [-0.1, -0.05) is 36.4 Å². The molecule has 130 valence electrons. The minimum Gasteiger partial charge on any atom is -0.496 e. The molecule has 0 atom stereocenters. The van der Waals surface area contributed by atoms with Crippen molar-refractivity contribution in [3.8, 4) is 11.5 Å². The fraction of sp³-hybridized carbons (Fsp3) is 0.158. The highest BCUT2D eigenvalue weighted by atomic mass is 16.5. The number of aryl methyl sites for hydroxylation is 1. The Morgan fingerprint density at radius 2 is 1.68 bits per heavy atom. The molecule has 0 saturated heterocycles. The maximum atomic E-state index is 11.8. The van der Waals surface area contributed by atoms with Gasteiger partial charge in [0.1, 0.15) is 11.5 Å². The molecule has 0 heterocycles. The number of methoxy groups -OCH3 is 1. The number of hydrogen-bond acceptors (Lipinski definition) is 4. The lowest BCUT2D eigenvalue weighted by atomic mass is 10.2. The number of nitrogens with one attached hydrogen (secondary N) is 2. The highest BCUT2D eigenvalue weighted by molar-refractivity contribution is 5.93. The summed E-state index contributed by atoms with van der Waals surface area (Å²) < 4.78 is 10.6. The Hall–Kier alpha value is -3.28. The number of carbonyl (C=O) groups excluding carboxylic acids is 2. The lowest BCUT2D eigenvalue weighted by molar-refractivity contribution is -0.128. The van der Waals surface area contributed by atoms with E-state index in [9.17, 15) is 9.59 Å². The Kier molecular flexibility index (Phi) is 6.59. The van der Waals surface area contributed by atoms with Gasteiger partial charge in [0.2, 0.25) is 0 Å². The molecule has 0 fully saturated rings. The fourth-order valence-electron chi connectivity index (χ4n) is 2.04. The van der Waals surface area contributed by atoms with Crippen LogP contribution in [-0.2, 0) is 9.59 Å². The summed E-state index contributed by atoms with van der Waals surface area (Å²) in [6, 6.07) is 14.7. The van der Waals surface area contributed by atoms with Gasteiger partial charge in [-0.15, -0.1) is 0 Å². The Morgan fingerprint density at radius 3 is 2.40 bits per heavy atom. The van der Waals surface area contributed by atoms with E-state index in [4.69, 9.17) is 9.47 Å². The number of benzene rings is 2. The number of hydrazine groups is 1.